The van der Waals surface area contributed by atoms with Gasteiger partial charge in [0.1, 0.15) is 5.69 Å². The number of hydrogen-bond acceptors (Lipinski definition) is 5. The second kappa shape index (κ2) is 8.79. The highest BCUT2D eigenvalue weighted by molar-refractivity contribution is 6.04. The van der Waals surface area contributed by atoms with Crippen LogP contribution in [0.15, 0.2) is 42.6 Å². The number of ether oxygens (including phenoxy) is 1. The van der Waals surface area contributed by atoms with Gasteiger partial charge in [-0.25, -0.2) is 0 Å². The zero-order valence-corrected chi connectivity index (χ0v) is 13.8. The van der Waals surface area contributed by atoms with Gasteiger partial charge in [0.25, 0.3) is 5.91 Å². The van der Waals surface area contributed by atoms with Crippen LogP contribution in [0.3, 0.4) is 0 Å². The third-order valence-corrected chi connectivity index (χ3v) is 3.37. The highest BCUT2D eigenvalue weighted by atomic mass is 16.5. The number of benzene rings is 1. The number of methoxy groups -OCH3 is 1. The molecule has 0 aliphatic rings. The fraction of sp³-hybridized carbons (Fsp3) is 0.278. The van der Waals surface area contributed by atoms with Crippen LogP contribution >= 0.6 is 0 Å². The first-order valence-electron chi connectivity index (χ1n) is 7.71. The zero-order valence-electron chi connectivity index (χ0n) is 13.8. The summed E-state index contributed by atoms with van der Waals surface area (Å²) in [6.07, 6.45) is 2.46. The van der Waals surface area contributed by atoms with Crippen molar-refractivity contribution in [1.82, 2.24) is 4.98 Å². The summed E-state index contributed by atoms with van der Waals surface area (Å²) in [6.45, 7) is 2.92. The Morgan fingerprint density at radius 1 is 1.17 bits per heavy atom. The Kier molecular flexibility index (Phi) is 6.45. The third kappa shape index (κ3) is 5.17. The average molecular weight is 327 g/mol. The van der Waals surface area contributed by atoms with Crippen LogP contribution in [-0.4, -0.2) is 36.9 Å². The van der Waals surface area contributed by atoms with E-state index < -0.39 is 0 Å². The maximum atomic E-state index is 12.3. The van der Waals surface area contributed by atoms with Gasteiger partial charge in [0.2, 0.25) is 0 Å². The van der Waals surface area contributed by atoms with Crippen LogP contribution in [0.4, 0.5) is 11.4 Å². The van der Waals surface area contributed by atoms with Crippen molar-refractivity contribution >= 4 is 23.1 Å². The topological polar surface area (TPSA) is 80.3 Å². The molecule has 1 amide bonds. The van der Waals surface area contributed by atoms with E-state index in [0.717, 1.165) is 18.7 Å². The molecule has 0 saturated heterocycles. The maximum Gasteiger partial charge on any atom is 0.274 e. The van der Waals surface area contributed by atoms with E-state index in [1.54, 1.807) is 49.7 Å². The molecule has 1 aromatic heterocycles. The normalized spacial score (nSPS) is 10.2. The molecular weight excluding hydrogens is 306 g/mol. The Bertz CT molecular complexity index is 716. The summed E-state index contributed by atoms with van der Waals surface area (Å²) < 4.78 is 4.99. The molecule has 2 rings (SSSR count). The number of Topliss-reactive ketones (excluding diaryl/α,β-unsaturated/α-hetero) is 1. The van der Waals surface area contributed by atoms with E-state index in [0.29, 0.717) is 23.6 Å². The van der Waals surface area contributed by atoms with Gasteiger partial charge in [-0.15, -0.1) is 0 Å². The highest BCUT2D eigenvalue weighted by Gasteiger charge is 2.09. The lowest BCUT2D eigenvalue weighted by Gasteiger charge is -2.09. The smallest absolute Gasteiger partial charge is 0.274 e. The van der Waals surface area contributed by atoms with Crippen molar-refractivity contribution in [3.63, 3.8) is 0 Å². The molecule has 0 saturated carbocycles. The number of ketones is 1. The molecule has 1 heterocycles. The molecule has 0 aliphatic heterocycles. The minimum absolute atomic E-state index is 0.0496. The molecule has 6 heteroatoms. The second-order valence-corrected chi connectivity index (χ2v) is 5.29. The molecule has 24 heavy (non-hydrogen) atoms. The quantitative estimate of drug-likeness (QED) is 0.575. The number of anilines is 2. The van der Waals surface area contributed by atoms with Crippen LogP contribution in [0.5, 0.6) is 0 Å². The monoisotopic (exact) mass is 327 g/mol. The molecule has 0 aliphatic carbocycles. The minimum Gasteiger partial charge on any atom is -0.385 e. The highest BCUT2D eigenvalue weighted by Crippen LogP contribution is 2.14. The lowest BCUT2D eigenvalue weighted by molar-refractivity contribution is 0.100. The lowest BCUT2D eigenvalue weighted by atomic mass is 10.1. The Morgan fingerprint density at radius 3 is 2.75 bits per heavy atom. The first-order chi connectivity index (χ1) is 11.6. The van der Waals surface area contributed by atoms with E-state index in [1.165, 1.54) is 6.92 Å². The molecule has 0 fully saturated rings. The lowest BCUT2D eigenvalue weighted by Crippen LogP contribution is -2.14. The number of pyridine rings is 1. The minimum atomic E-state index is -0.323. The Morgan fingerprint density at radius 2 is 2.00 bits per heavy atom. The summed E-state index contributed by atoms with van der Waals surface area (Å²) >= 11 is 0. The van der Waals surface area contributed by atoms with E-state index in [9.17, 15) is 9.59 Å². The van der Waals surface area contributed by atoms with Crippen molar-refractivity contribution in [2.45, 2.75) is 13.3 Å². The van der Waals surface area contributed by atoms with Crippen LogP contribution in [-0.2, 0) is 4.74 Å². The summed E-state index contributed by atoms with van der Waals surface area (Å²) in [7, 11) is 1.66. The summed E-state index contributed by atoms with van der Waals surface area (Å²) in [5.74, 6) is -0.372. The predicted molar refractivity (Wildman–Crippen MR) is 93.6 cm³/mol. The van der Waals surface area contributed by atoms with E-state index in [4.69, 9.17) is 4.74 Å². The van der Waals surface area contributed by atoms with Gasteiger partial charge < -0.3 is 15.4 Å². The van der Waals surface area contributed by atoms with Crippen molar-refractivity contribution in [2.24, 2.45) is 0 Å². The van der Waals surface area contributed by atoms with Crippen molar-refractivity contribution in [2.75, 3.05) is 30.9 Å². The van der Waals surface area contributed by atoms with Crippen LogP contribution in [0, 0.1) is 0 Å². The summed E-state index contributed by atoms with van der Waals surface area (Å²) in [6, 6.07) is 10.3. The molecule has 1 aromatic carbocycles. The molecule has 6 nitrogen and oxygen atoms in total. The maximum absolute atomic E-state index is 12.3. The average Bonchev–Trinajstić information content (AvgIpc) is 2.59. The van der Waals surface area contributed by atoms with Crippen molar-refractivity contribution in [3.05, 3.63) is 53.9 Å². The fourth-order valence-electron chi connectivity index (χ4n) is 2.12. The number of amides is 1. The molecule has 0 unspecified atom stereocenters. The van der Waals surface area contributed by atoms with Crippen LogP contribution < -0.4 is 10.6 Å². The van der Waals surface area contributed by atoms with E-state index in [-0.39, 0.29) is 11.7 Å². The van der Waals surface area contributed by atoms with E-state index in [2.05, 4.69) is 15.6 Å². The first-order valence-corrected chi connectivity index (χ1v) is 7.71. The molecule has 2 aromatic rings. The number of rotatable bonds is 8. The Balaban J connectivity index is 2.01. The first kappa shape index (κ1) is 17.6. The van der Waals surface area contributed by atoms with E-state index in [1.807, 2.05) is 0 Å². The SMILES string of the molecule is COCCCNc1ccnc(C(=O)Nc2cccc(C(C)=O)c2)c1. The number of carbonyl (C=O) groups is 2. The van der Waals surface area contributed by atoms with Gasteiger partial charge >= 0.3 is 0 Å². The molecule has 2 N–H and O–H groups in total. The van der Waals surface area contributed by atoms with E-state index >= 15 is 0 Å². The van der Waals surface area contributed by atoms with Gasteiger partial charge in [-0.05, 0) is 37.6 Å². The van der Waals surface area contributed by atoms with Crippen LogP contribution in [0.25, 0.3) is 0 Å². The van der Waals surface area contributed by atoms with Crippen molar-refractivity contribution in [1.29, 1.82) is 0 Å². The second-order valence-electron chi connectivity index (χ2n) is 5.29. The number of nitrogens with zero attached hydrogens (tertiary/aromatic N) is 1. The number of nitrogens with one attached hydrogen (secondary N) is 2. The molecule has 0 radical (unpaired) electrons. The van der Waals surface area contributed by atoms with Gasteiger partial charge in [-0.2, -0.15) is 0 Å². The predicted octanol–water partition coefficient (Wildman–Crippen LogP) is 2.98. The molecule has 0 bridgehead atoms. The Hall–Kier alpha value is -2.73. The largest absolute Gasteiger partial charge is 0.385 e. The number of carbonyl (C=O) groups excluding carboxylic acids is 2. The van der Waals surface area contributed by atoms with Gasteiger partial charge in [0, 0.05) is 43.4 Å². The number of aromatic nitrogens is 1. The van der Waals surface area contributed by atoms with Crippen LogP contribution in [0.1, 0.15) is 34.2 Å². The Labute approximate surface area is 141 Å². The summed E-state index contributed by atoms with van der Waals surface area (Å²) in [4.78, 5) is 27.8. The van der Waals surface area contributed by atoms with Crippen molar-refractivity contribution < 1.29 is 14.3 Å². The van der Waals surface area contributed by atoms with Crippen LogP contribution in [0.2, 0.25) is 0 Å². The molecular formula is C18H21N3O3. The summed E-state index contributed by atoms with van der Waals surface area (Å²) in [5.41, 5.74) is 2.24. The van der Waals surface area contributed by atoms with Gasteiger partial charge in [-0.1, -0.05) is 12.1 Å². The third-order valence-electron chi connectivity index (χ3n) is 3.37. The molecule has 0 spiro atoms. The number of hydrogen-bond donors (Lipinski definition) is 2. The standard InChI is InChI=1S/C18H21N3O3/c1-13(22)14-5-3-6-16(11-14)21-18(23)17-12-15(7-9-20-17)19-8-4-10-24-2/h3,5-7,9,11-12H,4,8,10H2,1-2H3,(H,19,20)(H,21,23). The fourth-order valence-corrected chi connectivity index (χ4v) is 2.12. The molecule has 126 valence electrons. The van der Waals surface area contributed by atoms with Gasteiger partial charge in [0.15, 0.2) is 5.78 Å². The summed E-state index contributed by atoms with van der Waals surface area (Å²) in [5, 5.41) is 5.97. The van der Waals surface area contributed by atoms with Crippen molar-refractivity contribution in [3.8, 4) is 0 Å². The van der Waals surface area contributed by atoms with Gasteiger partial charge in [-0.3, -0.25) is 14.6 Å². The molecule has 0 atom stereocenters. The zero-order chi connectivity index (χ0) is 17.4. The van der Waals surface area contributed by atoms with Gasteiger partial charge in [0.05, 0.1) is 0 Å².